The van der Waals surface area contributed by atoms with Crippen molar-refractivity contribution in [3.8, 4) is 0 Å². The van der Waals surface area contributed by atoms with Gasteiger partial charge in [0.15, 0.2) is 0 Å². The van der Waals surface area contributed by atoms with Gasteiger partial charge in [-0.1, -0.05) is 40.2 Å². The van der Waals surface area contributed by atoms with Crippen molar-refractivity contribution in [3.05, 3.63) is 35.4 Å². The molecule has 2 nitrogen and oxygen atoms in total. The molecule has 1 aliphatic heterocycles. The lowest BCUT2D eigenvalue weighted by molar-refractivity contribution is -0.136. The molecule has 3 heteroatoms. The van der Waals surface area contributed by atoms with Crippen molar-refractivity contribution in [1.82, 2.24) is 4.90 Å². The Morgan fingerprint density at radius 2 is 1.89 bits per heavy atom. The Bertz CT molecular complexity index is 435. The molecule has 0 radical (unpaired) electrons. The molecule has 18 heavy (non-hydrogen) atoms. The highest BCUT2D eigenvalue weighted by Gasteiger charge is 2.32. The molecule has 0 spiro atoms. The Hall–Kier alpha value is -0.830. The topological polar surface area (TPSA) is 20.3 Å². The van der Waals surface area contributed by atoms with Crippen LogP contribution in [0, 0.1) is 5.92 Å². The van der Waals surface area contributed by atoms with Crippen molar-refractivity contribution in [2.75, 3.05) is 13.1 Å². The minimum absolute atomic E-state index is 0.181. The van der Waals surface area contributed by atoms with E-state index in [4.69, 9.17) is 0 Å². The van der Waals surface area contributed by atoms with Crippen molar-refractivity contribution in [2.24, 2.45) is 5.92 Å². The zero-order chi connectivity index (χ0) is 12.5. The summed E-state index contributed by atoms with van der Waals surface area (Å²) in [5, 5.41) is 0. The molecule has 2 aliphatic rings. The molecule has 1 unspecified atom stereocenters. The first-order valence-electron chi connectivity index (χ1n) is 6.73. The normalized spacial score (nSPS) is 24.1. The lowest BCUT2D eigenvalue weighted by Gasteiger charge is -2.32. The van der Waals surface area contributed by atoms with Gasteiger partial charge < -0.3 is 4.90 Å². The van der Waals surface area contributed by atoms with E-state index in [1.807, 2.05) is 0 Å². The maximum Gasteiger partial charge on any atom is 0.226 e. The highest BCUT2D eigenvalue weighted by atomic mass is 79.9. The Morgan fingerprint density at radius 1 is 1.22 bits per heavy atom. The third kappa shape index (κ3) is 2.33. The van der Waals surface area contributed by atoms with Crippen LogP contribution in [0.1, 0.15) is 24.0 Å². The molecule has 1 atom stereocenters. The summed E-state index contributed by atoms with van der Waals surface area (Å²) in [4.78, 5) is 15.1. The van der Waals surface area contributed by atoms with Crippen molar-refractivity contribution in [1.29, 1.82) is 0 Å². The molecule has 0 saturated carbocycles. The maximum atomic E-state index is 12.5. The van der Waals surface area contributed by atoms with E-state index < -0.39 is 0 Å². The molecule has 0 aromatic heterocycles. The number of nitrogens with zero attached hydrogens (tertiary/aromatic N) is 1. The van der Waals surface area contributed by atoms with Gasteiger partial charge in [0.05, 0.1) is 0 Å². The summed E-state index contributed by atoms with van der Waals surface area (Å²) in [6.07, 6.45) is 4.17. The van der Waals surface area contributed by atoms with Gasteiger partial charge in [0.25, 0.3) is 0 Å². The number of likely N-dealkylation sites (tertiary alicyclic amines) is 1. The van der Waals surface area contributed by atoms with Crippen LogP contribution in [0.4, 0.5) is 0 Å². The number of rotatable bonds is 1. The molecule has 1 aromatic carbocycles. The van der Waals surface area contributed by atoms with Gasteiger partial charge >= 0.3 is 0 Å². The van der Waals surface area contributed by atoms with Crippen LogP contribution >= 0.6 is 15.9 Å². The van der Waals surface area contributed by atoms with E-state index in [0.717, 1.165) is 32.4 Å². The summed E-state index contributed by atoms with van der Waals surface area (Å²) in [5.74, 6) is 0.538. The Morgan fingerprint density at radius 3 is 2.50 bits per heavy atom. The zero-order valence-electron chi connectivity index (χ0n) is 10.4. The van der Waals surface area contributed by atoms with Crippen molar-refractivity contribution < 1.29 is 4.79 Å². The summed E-state index contributed by atoms with van der Waals surface area (Å²) in [5.41, 5.74) is 2.73. The summed E-state index contributed by atoms with van der Waals surface area (Å²) in [7, 11) is 0. The third-order valence-corrected chi connectivity index (χ3v) is 4.82. The van der Waals surface area contributed by atoms with Crippen LogP contribution in [0.25, 0.3) is 0 Å². The second-order valence-corrected chi connectivity index (χ2v) is 6.69. The van der Waals surface area contributed by atoms with Crippen LogP contribution in [0.2, 0.25) is 0 Å². The number of piperidine rings is 1. The van der Waals surface area contributed by atoms with E-state index in [2.05, 4.69) is 45.1 Å². The molecule has 0 N–H and O–H groups in total. The predicted molar refractivity (Wildman–Crippen MR) is 75.9 cm³/mol. The molecule has 1 amide bonds. The lowest BCUT2D eigenvalue weighted by atomic mass is 10.0. The molecule has 96 valence electrons. The van der Waals surface area contributed by atoms with Gasteiger partial charge in [-0.25, -0.2) is 0 Å². The minimum Gasteiger partial charge on any atom is -0.341 e. The largest absolute Gasteiger partial charge is 0.341 e. The first-order chi connectivity index (χ1) is 8.74. The molecule has 1 saturated heterocycles. The van der Waals surface area contributed by atoms with Crippen LogP contribution in [-0.2, 0) is 17.6 Å². The van der Waals surface area contributed by atoms with Gasteiger partial charge in [-0.05, 0) is 36.8 Å². The fraction of sp³-hybridized carbons (Fsp3) is 0.533. The molecule has 1 fully saturated rings. The van der Waals surface area contributed by atoms with Crippen LogP contribution in [0.5, 0.6) is 0 Å². The average Bonchev–Trinajstić information content (AvgIpc) is 2.81. The summed E-state index contributed by atoms with van der Waals surface area (Å²) in [6.45, 7) is 1.82. The quantitative estimate of drug-likeness (QED) is 0.731. The maximum absolute atomic E-state index is 12.5. The number of carbonyl (C=O) groups is 1. The lowest BCUT2D eigenvalue weighted by Crippen LogP contribution is -2.43. The summed E-state index contributed by atoms with van der Waals surface area (Å²) in [6, 6.07) is 8.46. The van der Waals surface area contributed by atoms with E-state index >= 15 is 0 Å². The van der Waals surface area contributed by atoms with E-state index in [-0.39, 0.29) is 5.92 Å². The van der Waals surface area contributed by atoms with Crippen LogP contribution in [-0.4, -0.2) is 28.7 Å². The summed E-state index contributed by atoms with van der Waals surface area (Å²) < 4.78 is 0. The second-order valence-electron chi connectivity index (χ2n) is 5.40. The average molecular weight is 308 g/mol. The van der Waals surface area contributed by atoms with Gasteiger partial charge in [-0.15, -0.1) is 0 Å². The van der Waals surface area contributed by atoms with E-state index in [1.165, 1.54) is 17.5 Å². The number of halogens is 1. The Labute approximate surface area is 116 Å². The molecule has 1 aliphatic carbocycles. The fourth-order valence-corrected chi connectivity index (χ4v) is 3.79. The van der Waals surface area contributed by atoms with Gasteiger partial charge in [-0.2, -0.15) is 0 Å². The first-order valence-corrected chi connectivity index (χ1v) is 7.65. The monoisotopic (exact) mass is 307 g/mol. The molecule has 1 aromatic rings. The molecule has 0 bridgehead atoms. The smallest absolute Gasteiger partial charge is 0.226 e. The number of benzene rings is 1. The third-order valence-electron chi connectivity index (χ3n) is 4.08. The highest BCUT2D eigenvalue weighted by molar-refractivity contribution is 9.09. The van der Waals surface area contributed by atoms with Crippen LogP contribution in [0.15, 0.2) is 24.3 Å². The van der Waals surface area contributed by atoms with Crippen molar-refractivity contribution >= 4 is 21.8 Å². The molecule has 3 rings (SSSR count). The second kappa shape index (κ2) is 5.04. The standard InChI is InChI=1S/C15H18BrNO/c16-14-6-3-7-17(10-14)15(18)13-8-11-4-1-2-5-12(11)9-13/h1-2,4-5,13-14H,3,6-10H2. The number of alkyl halides is 1. The Kier molecular flexibility index (Phi) is 3.42. The van der Waals surface area contributed by atoms with Crippen molar-refractivity contribution in [3.63, 3.8) is 0 Å². The zero-order valence-corrected chi connectivity index (χ0v) is 12.0. The summed E-state index contributed by atoms with van der Waals surface area (Å²) >= 11 is 3.64. The van der Waals surface area contributed by atoms with Crippen molar-refractivity contribution in [2.45, 2.75) is 30.5 Å². The van der Waals surface area contributed by atoms with Gasteiger partial charge in [0.2, 0.25) is 5.91 Å². The van der Waals surface area contributed by atoms with E-state index in [9.17, 15) is 4.79 Å². The predicted octanol–water partition coefficient (Wildman–Crippen LogP) is 2.79. The molecular weight excluding hydrogens is 290 g/mol. The molecular formula is C15H18BrNO. The van der Waals surface area contributed by atoms with Gasteiger partial charge in [0, 0.05) is 23.8 Å². The fourth-order valence-electron chi connectivity index (χ4n) is 3.12. The van der Waals surface area contributed by atoms with Gasteiger partial charge in [-0.3, -0.25) is 4.79 Å². The number of hydrogen-bond acceptors (Lipinski definition) is 1. The van der Waals surface area contributed by atoms with E-state index in [0.29, 0.717) is 10.7 Å². The van der Waals surface area contributed by atoms with E-state index in [1.54, 1.807) is 0 Å². The van der Waals surface area contributed by atoms with Crippen LogP contribution < -0.4 is 0 Å². The van der Waals surface area contributed by atoms with Crippen LogP contribution in [0.3, 0.4) is 0 Å². The minimum atomic E-state index is 0.181. The number of fused-ring (bicyclic) bond motifs is 1. The molecule has 1 heterocycles. The van der Waals surface area contributed by atoms with Gasteiger partial charge in [0.1, 0.15) is 0 Å². The first kappa shape index (κ1) is 12.2. The highest BCUT2D eigenvalue weighted by Crippen LogP contribution is 2.29. The number of amides is 1. The number of hydrogen-bond donors (Lipinski definition) is 0. The Balaban J connectivity index is 1.68. The number of carbonyl (C=O) groups excluding carboxylic acids is 1. The SMILES string of the molecule is O=C(C1Cc2ccccc2C1)N1CCCC(Br)C1.